The molecule has 18 heavy (non-hydrogen) atoms. The van der Waals surface area contributed by atoms with E-state index >= 15 is 0 Å². The van der Waals surface area contributed by atoms with Crippen LogP contribution in [0.1, 0.15) is 13.3 Å². The number of aliphatic hydroxyl groups excluding tert-OH is 1. The molecule has 0 aliphatic rings. The molecule has 2 heterocycles. The predicted molar refractivity (Wildman–Crippen MR) is 66.1 cm³/mol. The molecule has 8 heteroatoms. The van der Waals surface area contributed by atoms with E-state index in [9.17, 15) is 0 Å². The fraction of sp³-hybridized carbons (Fsp3) is 0.400. The molecular weight excluding hydrogens is 234 g/mol. The first-order chi connectivity index (χ1) is 8.65. The third-order valence-electron chi connectivity index (χ3n) is 2.20. The molecule has 1 unspecified atom stereocenters. The zero-order valence-corrected chi connectivity index (χ0v) is 9.98. The number of hydrogen-bond donors (Lipinski definition) is 3. The second kappa shape index (κ2) is 5.41. The van der Waals surface area contributed by atoms with Gasteiger partial charge in [-0.2, -0.15) is 20.1 Å². The van der Waals surface area contributed by atoms with Gasteiger partial charge >= 0.3 is 0 Å². The number of aliphatic hydroxyl groups is 1. The summed E-state index contributed by atoms with van der Waals surface area (Å²) in [6.07, 6.45) is 3.57. The van der Waals surface area contributed by atoms with Gasteiger partial charge in [-0.15, -0.1) is 0 Å². The normalized spacial score (nSPS) is 12.3. The largest absolute Gasteiger partial charge is 0.393 e. The van der Waals surface area contributed by atoms with Crippen molar-refractivity contribution >= 4 is 11.9 Å². The van der Waals surface area contributed by atoms with Crippen LogP contribution in [-0.4, -0.2) is 42.5 Å². The van der Waals surface area contributed by atoms with Gasteiger partial charge in [0, 0.05) is 18.9 Å². The maximum Gasteiger partial charge on any atom is 0.257 e. The number of aromatic nitrogens is 5. The van der Waals surface area contributed by atoms with Crippen LogP contribution in [0.2, 0.25) is 0 Å². The summed E-state index contributed by atoms with van der Waals surface area (Å²) in [7, 11) is 0. The maximum absolute atomic E-state index is 9.16. The van der Waals surface area contributed by atoms with Gasteiger partial charge in [0.15, 0.2) is 0 Å². The van der Waals surface area contributed by atoms with Gasteiger partial charge < -0.3 is 16.2 Å². The Labute approximate surface area is 104 Å². The van der Waals surface area contributed by atoms with Crippen LogP contribution in [0.15, 0.2) is 18.5 Å². The van der Waals surface area contributed by atoms with Crippen LogP contribution in [-0.2, 0) is 0 Å². The van der Waals surface area contributed by atoms with Crippen LogP contribution in [0.5, 0.6) is 0 Å². The topological polar surface area (TPSA) is 115 Å². The van der Waals surface area contributed by atoms with Crippen molar-refractivity contribution in [1.29, 1.82) is 0 Å². The number of nitrogens with one attached hydrogen (secondary N) is 1. The standard InChI is InChI=1S/C10H15N7O/c1-7(18)3-5-12-9-14-8(11)15-10(16-9)17-6-2-4-13-17/h2,4,6-7,18H,3,5H2,1H3,(H3,11,12,14,15,16). The Hall–Kier alpha value is -2.22. The van der Waals surface area contributed by atoms with Gasteiger partial charge in [-0.25, -0.2) is 4.68 Å². The molecule has 0 saturated carbocycles. The number of anilines is 2. The molecule has 2 aromatic heterocycles. The molecule has 0 bridgehead atoms. The van der Waals surface area contributed by atoms with Crippen molar-refractivity contribution in [3.05, 3.63) is 18.5 Å². The molecule has 0 fully saturated rings. The van der Waals surface area contributed by atoms with Crippen LogP contribution in [0, 0.1) is 0 Å². The number of rotatable bonds is 5. The van der Waals surface area contributed by atoms with Crippen molar-refractivity contribution in [3.8, 4) is 5.95 Å². The molecule has 0 spiro atoms. The molecule has 0 saturated heterocycles. The summed E-state index contributed by atoms with van der Waals surface area (Å²) in [6.45, 7) is 2.28. The van der Waals surface area contributed by atoms with Gasteiger partial charge in [-0.3, -0.25) is 0 Å². The molecule has 2 rings (SSSR count). The van der Waals surface area contributed by atoms with Crippen molar-refractivity contribution < 1.29 is 5.11 Å². The lowest BCUT2D eigenvalue weighted by atomic mass is 10.3. The zero-order chi connectivity index (χ0) is 13.0. The average molecular weight is 249 g/mol. The fourth-order valence-corrected chi connectivity index (χ4v) is 1.34. The first-order valence-electron chi connectivity index (χ1n) is 5.58. The van der Waals surface area contributed by atoms with Crippen LogP contribution in [0.25, 0.3) is 5.95 Å². The van der Waals surface area contributed by atoms with E-state index in [2.05, 4.69) is 25.4 Å². The predicted octanol–water partition coefficient (Wildman–Crippen LogP) is -0.178. The van der Waals surface area contributed by atoms with Crippen molar-refractivity contribution in [2.75, 3.05) is 17.6 Å². The van der Waals surface area contributed by atoms with Gasteiger partial charge in [0.05, 0.1) is 6.10 Å². The number of nitrogens with two attached hydrogens (primary N) is 1. The quantitative estimate of drug-likeness (QED) is 0.673. The molecule has 0 amide bonds. The van der Waals surface area contributed by atoms with Crippen LogP contribution in [0.3, 0.4) is 0 Å². The van der Waals surface area contributed by atoms with Crippen molar-refractivity contribution in [2.45, 2.75) is 19.4 Å². The lowest BCUT2D eigenvalue weighted by Gasteiger charge is -2.08. The summed E-state index contributed by atoms with van der Waals surface area (Å²) in [6, 6.07) is 1.76. The Balaban J connectivity index is 2.12. The van der Waals surface area contributed by atoms with E-state index in [1.54, 1.807) is 25.4 Å². The molecule has 8 nitrogen and oxygen atoms in total. The lowest BCUT2D eigenvalue weighted by molar-refractivity contribution is 0.188. The molecular formula is C10H15N7O. The van der Waals surface area contributed by atoms with E-state index < -0.39 is 0 Å². The Kier molecular flexibility index (Phi) is 3.68. The van der Waals surface area contributed by atoms with E-state index in [0.717, 1.165) is 0 Å². The Morgan fingerprint density at radius 2 is 2.28 bits per heavy atom. The van der Waals surface area contributed by atoms with E-state index in [1.807, 2.05) is 0 Å². The number of hydrogen-bond acceptors (Lipinski definition) is 7. The first kappa shape index (κ1) is 12.2. The highest BCUT2D eigenvalue weighted by Crippen LogP contribution is 2.06. The molecule has 0 aliphatic carbocycles. The summed E-state index contributed by atoms with van der Waals surface area (Å²) in [5.74, 6) is 0.843. The Bertz CT molecular complexity index is 497. The average Bonchev–Trinajstić information content (AvgIpc) is 2.81. The molecule has 0 aromatic carbocycles. The smallest absolute Gasteiger partial charge is 0.257 e. The van der Waals surface area contributed by atoms with Crippen LogP contribution < -0.4 is 11.1 Å². The van der Waals surface area contributed by atoms with Crippen molar-refractivity contribution in [2.24, 2.45) is 0 Å². The van der Waals surface area contributed by atoms with E-state index in [1.165, 1.54) is 4.68 Å². The van der Waals surface area contributed by atoms with Crippen molar-refractivity contribution in [3.63, 3.8) is 0 Å². The molecule has 0 aliphatic heterocycles. The van der Waals surface area contributed by atoms with Gasteiger partial charge in [0.25, 0.3) is 5.95 Å². The van der Waals surface area contributed by atoms with Gasteiger partial charge in [-0.05, 0) is 19.4 Å². The first-order valence-corrected chi connectivity index (χ1v) is 5.58. The fourth-order valence-electron chi connectivity index (χ4n) is 1.34. The Morgan fingerprint density at radius 1 is 1.44 bits per heavy atom. The minimum atomic E-state index is -0.373. The minimum absolute atomic E-state index is 0.120. The lowest BCUT2D eigenvalue weighted by Crippen LogP contribution is -2.14. The summed E-state index contributed by atoms with van der Waals surface area (Å²) in [5.41, 5.74) is 5.60. The summed E-state index contributed by atoms with van der Waals surface area (Å²) in [4.78, 5) is 12.1. The number of nitrogen functional groups attached to an aromatic ring is 1. The summed E-state index contributed by atoms with van der Waals surface area (Å²) >= 11 is 0. The highest BCUT2D eigenvalue weighted by molar-refractivity contribution is 5.34. The highest BCUT2D eigenvalue weighted by Gasteiger charge is 2.06. The Morgan fingerprint density at radius 3 is 2.94 bits per heavy atom. The third-order valence-corrected chi connectivity index (χ3v) is 2.20. The third kappa shape index (κ3) is 3.14. The minimum Gasteiger partial charge on any atom is -0.393 e. The van der Waals surface area contributed by atoms with E-state index in [0.29, 0.717) is 24.9 Å². The molecule has 1 atom stereocenters. The SMILES string of the molecule is CC(O)CCNc1nc(N)nc(-n2cccn2)n1. The molecule has 96 valence electrons. The maximum atomic E-state index is 9.16. The van der Waals surface area contributed by atoms with Gasteiger partial charge in [0.2, 0.25) is 11.9 Å². The highest BCUT2D eigenvalue weighted by atomic mass is 16.3. The second-order valence-electron chi connectivity index (χ2n) is 3.83. The monoisotopic (exact) mass is 249 g/mol. The molecule has 2 aromatic rings. The van der Waals surface area contributed by atoms with E-state index in [4.69, 9.17) is 10.8 Å². The van der Waals surface area contributed by atoms with E-state index in [-0.39, 0.29) is 12.1 Å². The number of nitrogens with zero attached hydrogens (tertiary/aromatic N) is 5. The summed E-state index contributed by atoms with van der Waals surface area (Å²) < 4.78 is 1.50. The van der Waals surface area contributed by atoms with Crippen molar-refractivity contribution in [1.82, 2.24) is 24.7 Å². The van der Waals surface area contributed by atoms with Gasteiger partial charge in [-0.1, -0.05) is 0 Å². The van der Waals surface area contributed by atoms with Crippen LogP contribution in [0.4, 0.5) is 11.9 Å². The molecule has 4 N–H and O–H groups in total. The van der Waals surface area contributed by atoms with Gasteiger partial charge in [0.1, 0.15) is 0 Å². The zero-order valence-electron chi connectivity index (χ0n) is 9.98. The van der Waals surface area contributed by atoms with Crippen LogP contribution >= 0.6 is 0 Å². The summed E-state index contributed by atoms with van der Waals surface area (Å²) in [5, 5.41) is 16.2. The second-order valence-corrected chi connectivity index (χ2v) is 3.83. The molecule has 0 radical (unpaired) electrons.